The molecule has 1 aromatic carbocycles. The van der Waals surface area contributed by atoms with Crippen molar-refractivity contribution in [2.24, 2.45) is 5.92 Å². The standard InChI is InChI=1S/C16H19N5O/c1-3-10(2)14(20-16(22)13-8-9-17-21-13)15-18-11-6-4-5-7-12(11)19-15/h4-10,14H,3H2,1-2H3,(H,17,21)(H,18,19)(H,20,22)/t10-,14-/m1/s1. The summed E-state index contributed by atoms with van der Waals surface area (Å²) in [6.07, 6.45) is 2.50. The Morgan fingerprint density at radius 3 is 2.82 bits per heavy atom. The number of aromatic nitrogens is 4. The number of benzene rings is 1. The van der Waals surface area contributed by atoms with Gasteiger partial charge < -0.3 is 10.3 Å². The van der Waals surface area contributed by atoms with Crippen LogP contribution in [0.25, 0.3) is 11.0 Å². The van der Waals surface area contributed by atoms with Crippen LogP contribution < -0.4 is 5.32 Å². The summed E-state index contributed by atoms with van der Waals surface area (Å²) in [4.78, 5) is 20.2. The highest BCUT2D eigenvalue weighted by molar-refractivity contribution is 5.92. The van der Waals surface area contributed by atoms with Crippen molar-refractivity contribution in [3.8, 4) is 0 Å². The Bertz CT molecular complexity index is 729. The molecule has 2 atom stereocenters. The third-order valence-electron chi connectivity index (χ3n) is 3.95. The lowest BCUT2D eigenvalue weighted by Crippen LogP contribution is -2.33. The predicted octanol–water partition coefficient (Wildman–Crippen LogP) is 2.80. The van der Waals surface area contributed by atoms with E-state index in [4.69, 9.17) is 0 Å². The van der Waals surface area contributed by atoms with E-state index in [1.807, 2.05) is 24.3 Å². The number of para-hydroxylation sites is 2. The maximum absolute atomic E-state index is 12.3. The normalized spacial score (nSPS) is 13.9. The van der Waals surface area contributed by atoms with Crippen molar-refractivity contribution in [3.63, 3.8) is 0 Å². The fourth-order valence-corrected chi connectivity index (χ4v) is 2.44. The van der Waals surface area contributed by atoms with Crippen molar-refractivity contribution in [2.45, 2.75) is 26.3 Å². The first-order valence-electron chi connectivity index (χ1n) is 7.44. The lowest BCUT2D eigenvalue weighted by Gasteiger charge is -2.22. The van der Waals surface area contributed by atoms with Crippen LogP contribution in [0.1, 0.15) is 42.6 Å². The van der Waals surface area contributed by atoms with Crippen molar-refractivity contribution in [3.05, 3.63) is 48.0 Å². The first-order valence-corrected chi connectivity index (χ1v) is 7.44. The first-order chi connectivity index (χ1) is 10.7. The molecule has 6 nitrogen and oxygen atoms in total. The summed E-state index contributed by atoms with van der Waals surface area (Å²) in [6, 6.07) is 9.34. The number of hydrogen-bond donors (Lipinski definition) is 3. The summed E-state index contributed by atoms with van der Waals surface area (Å²) in [5.41, 5.74) is 2.33. The number of hydrogen-bond acceptors (Lipinski definition) is 3. The number of fused-ring (bicyclic) bond motifs is 1. The van der Waals surface area contributed by atoms with Gasteiger partial charge in [0.1, 0.15) is 11.5 Å². The molecule has 2 aromatic heterocycles. The van der Waals surface area contributed by atoms with Gasteiger partial charge in [-0.25, -0.2) is 4.98 Å². The molecule has 0 spiro atoms. The van der Waals surface area contributed by atoms with Crippen LogP contribution in [-0.4, -0.2) is 26.1 Å². The van der Waals surface area contributed by atoms with Gasteiger partial charge in [-0.1, -0.05) is 32.4 Å². The van der Waals surface area contributed by atoms with Crippen LogP contribution in [0.4, 0.5) is 0 Å². The summed E-state index contributed by atoms with van der Waals surface area (Å²) in [5.74, 6) is 0.860. The second-order valence-corrected chi connectivity index (χ2v) is 5.45. The Kier molecular flexibility index (Phi) is 3.91. The smallest absolute Gasteiger partial charge is 0.269 e. The topological polar surface area (TPSA) is 86.5 Å². The van der Waals surface area contributed by atoms with Crippen LogP contribution >= 0.6 is 0 Å². The molecular formula is C16H19N5O. The van der Waals surface area contributed by atoms with Crippen molar-refractivity contribution in [1.29, 1.82) is 0 Å². The van der Waals surface area contributed by atoms with Gasteiger partial charge in [0.2, 0.25) is 0 Å². The molecule has 114 valence electrons. The molecule has 3 N–H and O–H groups in total. The Labute approximate surface area is 128 Å². The zero-order chi connectivity index (χ0) is 15.5. The highest BCUT2D eigenvalue weighted by atomic mass is 16.2. The molecule has 2 heterocycles. The summed E-state index contributed by atoms with van der Waals surface area (Å²) >= 11 is 0. The molecule has 0 bridgehead atoms. The van der Waals surface area contributed by atoms with Crippen molar-refractivity contribution in [1.82, 2.24) is 25.5 Å². The largest absolute Gasteiger partial charge is 0.340 e. The fourth-order valence-electron chi connectivity index (χ4n) is 2.44. The number of aromatic amines is 2. The molecule has 0 aliphatic carbocycles. The fraction of sp³-hybridized carbons (Fsp3) is 0.312. The van der Waals surface area contributed by atoms with Gasteiger partial charge in [-0.05, 0) is 24.1 Å². The average molecular weight is 297 g/mol. The third-order valence-corrected chi connectivity index (χ3v) is 3.95. The zero-order valence-electron chi connectivity index (χ0n) is 12.6. The lowest BCUT2D eigenvalue weighted by atomic mass is 9.98. The van der Waals surface area contributed by atoms with Crippen LogP contribution in [0.15, 0.2) is 36.5 Å². The highest BCUT2D eigenvalue weighted by Crippen LogP contribution is 2.24. The van der Waals surface area contributed by atoms with E-state index in [9.17, 15) is 4.79 Å². The SMILES string of the molecule is CC[C@@H](C)[C@@H](NC(=O)c1ccn[nH]1)c1nc2ccccc2[nH]1. The second-order valence-electron chi connectivity index (χ2n) is 5.45. The number of carbonyl (C=O) groups is 1. The first kappa shape index (κ1) is 14.3. The van der Waals surface area contributed by atoms with Gasteiger partial charge in [0, 0.05) is 6.20 Å². The number of amides is 1. The Morgan fingerprint density at radius 1 is 1.32 bits per heavy atom. The quantitative estimate of drug-likeness (QED) is 0.677. The van der Waals surface area contributed by atoms with Gasteiger partial charge in [0.25, 0.3) is 5.91 Å². The lowest BCUT2D eigenvalue weighted by molar-refractivity contribution is 0.0915. The molecule has 0 unspecified atom stereocenters. The monoisotopic (exact) mass is 297 g/mol. The van der Waals surface area contributed by atoms with E-state index in [1.54, 1.807) is 12.3 Å². The molecule has 0 saturated carbocycles. The maximum Gasteiger partial charge on any atom is 0.269 e. The molecule has 0 aliphatic rings. The summed E-state index contributed by atoms with van der Waals surface area (Å²) in [5, 5.41) is 9.54. The summed E-state index contributed by atoms with van der Waals surface area (Å²) in [6.45, 7) is 4.20. The Balaban J connectivity index is 1.90. The highest BCUT2D eigenvalue weighted by Gasteiger charge is 2.24. The van der Waals surface area contributed by atoms with E-state index in [0.717, 1.165) is 23.3 Å². The number of nitrogens with one attached hydrogen (secondary N) is 3. The van der Waals surface area contributed by atoms with E-state index in [1.165, 1.54) is 0 Å². The van der Waals surface area contributed by atoms with E-state index >= 15 is 0 Å². The maximum atomic E-state index is 12.3. The van der Waals surface area contributed by atoms with Crippen molar-refractivity contribution in [2.75, 3.05) is 0 Å². The van der Waals surface area contributed by atoms with Crippen LogP contribution in [-0.2, 0) is 0 Å². The molecule has 0 fully saturated rings. The number of H-pyrrole nitrogens is 2. The van der Waals surface area contributed by atoms with Crippen molar-refractivity contribution >= 4 is 16.9 Å². The van der Waals surface area contributed by atoms with E-state index in [0.29, 0.717) is 5.69 Å². The zero-order valence-corrected chi connectivity index (χ0v) is 12.6. The van der Waals surface area contributed by atoms with Crippen LogP contribution in [0.5, 0.6) is 0 Å². The molecule has 0 saturated heterocycles. The van der Waals surface area contributed by atoms with Crippen LogP contribution in [0, 0.1) is 5.92 Å². The minimum Gasteiger partial charge on any atom is -0.340 e. The predicted molar refractivity (Wildman–Crippen MR) is 84.3 cm³/mol. The Morgan fingerprint density at radius 2 is 2.14 bits per heavy atom. The van der Waals surface area contributed by atoms with Crippen LogP contribution in [0.2, 0.25) is 0 Å². The van der Waals surface area contributed by atoms with Crippen molar-refractivity contribution < 1.29 is 4.79 Å². The van der Waals surface area contributed by atoms with E-state index in [2.05, 4.69) is 39.3 Å². The minimum absolute atomic E-state index is 0.173. The molecular weight excluding hydrogens is 278 g/mol. The molecule has 0 aliphatic heterocycles. The third kappa shape index (κ3) is 2.72. The number of nitrogens with zero attached hydrogens (tertiary/aromatic N) is 2. The molecule has 6 heteroatoms. The number of carbonyl (C=O) groups excluding carboxylic acids is 1. The van der Waals surface area contributed by atoms with Crippen LogP contribution in [0.3, 0.4) is 0 Å². The second kappa shape index (κ2) is 6.01. The van der Waals surface area contributed by atoms with Gasteiger partial charge in [-0.3, -0.25) is 9.89 Å². The molecule has 3 aromatic rings. The van der Waals surface area contributed by atoms with E-state index in [-0.39, 0.29) is 17.9 Å². The Hall–Kier alpha value is -2.63. The molecule has 0 radical (unpaired) electrons. The van der Waals surface area contributed by atoms with E-state index < -0.39 is 0 Å². The molecule has 1 amide bonds. The summed E-state index contributed by atoms with van der Waals surface area (Å²) < 4.78 is 0. The van der Waals surface area contributed by atoms with Gasteiger partial charge in [-0.15, -0.1) is 0 Å². The van der Waals surface area contributed by atoms with Gasteiger partial charge in [0.05, 0.1) is 17.1 Å². The minimum atomic E-state index is -0.178. The van der Waals surface area contributed by atoms with Gasteiger partial charge >= 0.3 is 0 Å². The number of rotatable bonds is 5. The average Bonchev–Trinajstić information content (AvgIpc) is 3.20. The molecule has 22 heavy (non-hydrogen) atoms. The van der Waals surface area contributed by atoms with Gasteiger partial charge in [0.15, 0.2) is 0 Å². The number of imidazole rings is 1. The van der Waals surface area contributed by atoms with Gasteiger partial charge in [-0.2, -0.15) is 5.10 Å². The summed E-state index contributed by atoms with van der Waals surface area (Å²) in [7, 11) is 0. The molecule has 3 rings (SSSR count).